The molecule has 1 unspecified atom stereocenters. The molecule has 8 heteroatoms. The number of nitrogens with zero attached hydrogens (tertiary/aromatic N) is 1. The van der Waals surface area contributed by atoms with Gasteiger partial charge in [-0.05, 0) is 29.5 Å². The molecule has 7 nitrogen and oxygen atoms in total. The predicted molar refractivity (Wildman–Crippen MR) is 108 cm³/mol. The number of fused-ring (bicyclic) bond motifs is 1. The lowest BCUT2D eigenvalue weighted by atomic mass is 10.1. The van der Waals surface area contributed by atoms with Gasteiger partial charge >= 0.3 is 11.8 Å². The lowest BCUT2D eigenvalue weighted by Crippen LogP contribution is -2.46. The normalized spacial score (nSPS) is 14.0. The number of para-hydroxylation sites is 1. The summed E-state index contributed by atoms with van der Waals surface area (Å²) in [6.07, 6.45) is 0.388. The van der Waals surface area contributed by atoms with Gasteiger partial charge < -0.3 is 25.0 Å². The Hall–Kier alpha value is -2.42. The lowest BCUT2D eigenvalue weighted by Gasteiger charge is -2.30. The van der Waals surface area contributed by atoms with Gasteiger partial charge in [0.05, 0.1) is 12.6 Å². The Kier molecular flexibility index (Phi) is 7.02. The molecular formula is C20H25N3O4S. The molecule has 2 N–H and O–H groups in total. The Labute approximate surface area is 168 Å². The number of nitrogens with one attached hydrogen (secondary N) is 2. The third-order valence-corrected chi connectivity index (χ3v) is 5.76. The van der Waals surface area contributed by atoms with Crippen molar-refractivity contribution in [3.05, 3.63) is 52.2 Å². The van der Waals surface area contributed by atoms with Crippen LogP contribution >= 0.6 is 11.3 Å². The van der Waals surface area contributed by atoms with Crippen LogP contribution in [0, 0.1) is 0 Å². The van der Waals surface area contributed by atoms with Gasteiger partial charge in [-0.1, -0.05) is 24.3 Å². The van der Waals surface area contributed by atoms with Gasteiger partial charge in [-0.2, -0.15) is 0 Å². The minimum absolute atomic E-state index is 0.0221. The first-order valence-corrected chi connectivity index (χ1v) is 10.0. The van der Waals surface area contributed by atoms with E-state index in [1.807, 2.05) is 23.6 Å². The van der Waals surface area contributed by atoms with Gasteiger partial charge in [-0.3, -0.25) is 9.59 Å². The molecule has 2 heterocycles. The second kappa shape index (κ2) is 9.68. The van der Waals surface area contributed by atoms with Crippen LogP contribution in [0.4, 0.5) is 5.69 Å². The topological polar surface area (TPSA) is 79.9 Å². The van der Waals surface area contributed by atoms with Crippen LogP contribution in [0.2, 0.25) is 0 Å². The first-order chi connectivity index (χ1) is 13.6. The van der Waals surface area contributed by atoms with Crippen LogP contribution in [0.15, 0.2) is 41.8 Å². The number of carbonyl (C=O) groups is 2. The summed E-state index contributed by atoms with van der Waals surface area (Å²) < 4.78 is 10.0. The van der Waals surface area contributed by atoms with E-state index in [-0.39, 0.29) is 12.6 Å². The van der Waals surface area contributed by atoms with Gasteiger partial charge in [0.15, 0.2) is 6.29 Å². The summed E-state index contributed by atoms with van der Waals surface area (Å²) in [5, 5.41) is 7.31. The van der Waals surface area contributed by atoms with Crippen molar-refractivity contribution in [2.24, 2.45) is 0 Å². The van der Waals surface area contributed by atoms with E-state index < -0.39 is 18.1 Å². The smallest absolute Gasteiger partial charge is 0.309 e. The van der Waals surface area contributed by atoms with Crippen molar-refractivity contribution < 1.29 is 19.1 Å². The maximum absolute atomic E-state index is 12.2. The molecule has 0 bridgehead atoms. The van der Waals surface area contributed by atoms with Crippen LogP contribution in [0.5, 0.6) is 0 Å². The molecule has 0 spiro atoms. The minimum atomic E-state index is -0.703. The fourth-order valence-electron chi connectivity index (χ4n) is 3.32. The summed E-state index contributed by atoms with van der Waals surface area (Å²) in [5.74, 6) is -1.37. The van der Waals surface area contributed by atoms with Crippen molar-refractivity contribution in [3.8, 4) is 0 Å². The number of carbonyl (C=O) groups excluding carboxylic acids is 2. The van der Waals surface area contributed by atoms with Crippen molar-refractivity contribution in [2.45, 2.75) is 18.8 Å². The minimum Gasteiger partial charge on any atom is -0.361 e. The monoisotopic (exact) mass is 403 g/mol. The van der Waals surface area contributed by atoms with Gasteiger partial charge in [0.25, 0.3) is 0 Å². The molecule has 150 valence electrons. The van der Waals surface area contributed by atoms with E-state index in [9.17, 15) is 9.59 Å². The molecule has 3 rings (SSSR count). The van der Waals surface area contributed by atoms with Crippen molar-refractivity contribution in [2.75, 3.05) is 38.8 Å². The third kappa shape index (κ3) is 4.70. The summed E-state index contributed by atoms with van der Waals surface area (Å²) in [6, 6.07) is 12.3. The lowest BCUT2D eigenvalue weighted by molar-refractivity contribution is -0.141. The highest BCUT2D eigenvalue weighted by Crippen LogP contribution is 2.36. The van der Waals surface area contributed by atoms with E-state index >= 15 is 0 Å². The van der Waals surface area contributed by atoms with Crippen LogP contribution in [0.3, 0.4) is 0 Å². The summed E-state index contributed by atoms with van der Waals surface area (Å²) in [6.45, 7) is 1.33. The molecule has 1 aliphatic rings. The average Bonchev–Trinajstić information content (AvgIpc) is 3.39. The molecule has 0 fully saturated rings. The standard InChI is InChI=1S/C20H25N3O4S/c1-26-18(27-2)13-22-20(25)19(24)21-12-16(17-8-5-11-28-17)23-10-9-14-6-3-4-7-15(14)23/h3-8,11,16,18H,9-10,12-13H2,1-2H3,(H,21,24)(H,22,25). The maximum Gasteiger partial charge on any atom is 0.309 e. The Morgan fingerprint density at radius 3 is 2.46 bits per heavy atom. The highest BCUT2D eigenvalue weighted by atomic mass is 32.1. The molecule has 2 amide bonds. The number of hydrogen-bond donors (Lipinski definition) is 2. The highest BCUT2D eigenvalue weighted by Gasteiger charge is 2.28. The van der Waals surface area contributed by atoms with Crippen LogP contribution < -0.4 is 15.5 Å². The second-order valence-electron chi connectivity index (χ2n) is 6.42. The van der Waals surface area contributed by atoms with Gasteiger partial charge in [-0.25, -0.2) is 0 Å². The predicted octanol–water partition coefficient (Wildman–Crippen LogP) is 1.70. The van der Waals surface area contributed by atoms with Crippen LogP contribution in [-0.2, 0) is 25.5 Å². The summed E-state index contributed by atoms with van der Waals surface area (Å²) in [5.41, 5.74) is 2.49. The van der Waals surface area contributed by atoms with Crippen molar-refractivity contribution in [1.82, 2.24) is 10.6 Å². The van der Waals surface area contributed by atoms with E-state index in [1.54, 1.807) is 11.3 Å². The number of anilines is 1. The number of ether oxygens (including phenoxy) is 2. The number of rotatable bonds is 8. The zero-order valence-corrected chi connectivity index (χ0v) is 16.8. The molecule has 1 atom stereocenters. The quantitative estimate of drug-likeness (QED) is 0.518. The van der Waals surface area contributed by atoms with Gasteiger partial charge in [0.2, 0.25) is 0 Å². The molecule has 0 saturated heterocycles. The number of benzene rings is 1. The first-order valence-electron chi connectivity index (χ1n) is 9.13. The zero-order chi connectivity index (χ0) is 19.9. The number of amides is 2. The summed E-state index contributed by atoms with van der Waals surface area (Å²) in [7, 11) is 2.94. The van der Waals surface area contributed by atoms with Gasteiger partial charge in [0, 0.05) is 37.9 Å². The Balaban J connectivity index is 1.64. The first kappa shape index (κ1) is 20.3. The molecule has 0 aliphatic carbocycles. The maximum atomic E-state index is 12.2. The number of methoxy groups -OCH3 is 2. The largest absolute Gasteiger partial charge is 0.361 e. The Morgan fingerprint density at radius 2 is 1.79 bits per heavy atom. The summed E-state index contributed by atoms with van der Waals surface area (Å²) >= 11 is 1.65. The second-order valence-corrected chi connectivity index (χ2v) is 7.40. The molecule has 28 heavy (non-hydrogen) atoms. The van der Waals surface area contributed by atoms with E-state index in [0.717, 1.165) is 17.8 Å². The SMILES string of the molecule is COC(CNC(=O)C(=O)NCC(c1cccs1)N1CCc2ccccc21)OC. The molecule has 1 aromatic carbocycles. The van der Waals surface area contributed by atoms with Crippen molar-refractivity contribution >= 4 is 28.8 Å². The van der Waals surface area contributed by atoms with Gasteiger partial charge in [-0.15, -0.1) is 11.3 Å². The molecular weight excluding hydrogens is 378 g/mol. The molecule has 1 aromatic heterocycles. The van der Waals surface area contributed by atoms with Crippen LogP contribution in [0.1, 0.15) is 16.5 Å². The molecule has 0 radical (unpaired) electrons. The zero-order valence-electron chi connectivity index (χ0n) is 16.0. The molecule has 2 aromatic rings. The van der Waals surface area contributed by atoms with E-state index in [2.05, 4.69) is 33.7 Å². The van der Waals surface area contributed by atoms with E-state index in [1.165, 1.54) is 25.5 Å². The van der Waals surface area contributed by atoms with Crippen LogP contribution in [0.25, 0.3) is 0 Å². The van der Waals surface area contributed by atoms with Gasteiger partial charge in [0.1, 0.15) is 0 Å². The van der Waals surface area contributed by atoms with Crippen molar-refractivity contribution in [3.63, 3.8) is 0 Å². The Morgan fingerprint density at radius 1 is 1.07 bits per heavy atom. The van der Waals surface area contributed by atoms with Crippen molar-refractivity contribution in [1.29, 1.82) is 0 Å². The Bertz CT molecular complexity index is 793. The number of thiophene rings is 1. The molecule has 1 aliphatic heterocycles. The van der Waals surface area contributed by atoms with E-state index in [4.69, 9.17) is 9.47 Å². The van der Waals surface area contributed by atoms with E-state index in [0.29, 0.717) is 6.54 Å². The number of hydrogen-bond acceptors (Lipinski definition) is 6. The highest BCUT2D eigenvalue weighted by molar-refractivity contribution is 7.10. The van der Waals surface area contributed by atoms with Crippen LogP contribution in [-0.4, -0.2) is 52.0 Å². The summed E-state index contributed by atoms with van der Waals surface area (Å²) in [4.78, 5) is 27.7. The molecule has 0 saturated carbocycles. The average molecular weight is 404 g/mol. The third-order valence-electron chi connectivity index (χ3n) is 4.79. The fraction of sp³-hybridized carbons (Fsp3) is 0.400. The fourth-order valence-corrected chi connectivity index (χ4v) is 4.16.